The van der Waals surface area contributed by atoms with Gasteiger partial charge in [0, 0.05) is 44.2 Å². The average molecular weight is 718 g/mol. The van der Waals surface area contributed by atoms with Gasteiger partial charge in [0.1, 0.15) is 0 Å². The quantitative estimate of drug-likeness (QED) is 0.165. The molecular formula is C51H35N5. The minimum absolute atomic E-state index is 0.636. The molecule has 0 saturated heterocycles. The van der Waals surface area contributed by atoms with Gasteiger partial charge in [-0.2, -0.15) is 0 Å². The van der Waals surface area contributed by atoms with E-state index in [9.17, 15) is 0 Å². The molecule has 0 spiro atoms. The third-order valence-corrected chi connectivity index (χ3v) is 10.3. The van der Waals surface area contributed by atoms with E-state index < -0.39 is 0 Å². The van der Waals surface area contributed by atoms with Crippen molar-refractivity contribution in [3.05, 3.63) is 200 Å². The second-order valence-electron chi connectivity index (χ2n) is 14.0. The molecule has 0 aliphatic carbocycles. The van der Waals surface area contributed by atoms with Crippen molar-refractivity contribution >= 4 is 21.8 Å². The minimum Gasteiger partial charge on any atom is -0.309 e. The Balaban J connectivity index is 1.28. The van der Waals surface area contributed by atoms with Gasteiger partial charge >= 0.3 is 0 Å². The Labute approximate surface area is 325 Å². The van der Waals surface area contributed by atoms with Gasteiger partial charge in [-0.25, -0.2) is 19.9 Å². The molecule has 0 saturated carbocycles. The van der Waals surface area contributed by atoms with Crippen molar-refractivity contribution in [1.82, 2.24) is 24.5 Å². The molecule has 0 aliphatic rings. The maximum atomic E-state index is 5.35. The van der Waals surface area contributed by atoms with Gasteiger partial charge in [0.25, 0.3) is 0 Å². The van der Waals surface area contributed by atoms with Crippen molar-refractivity contribution in [2.24, 2.45) is 0 Å². The standard InChI is InChI=1S/C51H35N5/c1-34-26-28-41-40-24-14-15-25-47(40)56(49(41)30-34)48-29-27-39(51-53-43(35-16-6-2-7-17-35)32-44(54-51)36-18-8-3-9-19-36)31-42(48)46-33-45(37-20-10-4-11-21-37)52-50(55-46)38-22-12-5-13-23-38/h2-33H,1H3. The van der Waals surface area contributed by atoms with Crippen LogP contribution < -0.4 is 0 Å². The molecule has 7 aromatic carbocycles. The first-order valence-electron chi connectivity index (χ1n) is 18.8. The van der Waals surface area contributed by atoms with Gasteiger partial charge in [0.2, 0.25) is 0 Å². The van der Waals surface area contributed by atoms with Gasteiger partial charge in [0.05, 0.1) is 39.5 Å². The van der Waals surface area contributed by atoms with Crippen molar-refractivity contribution in [1.29, 1.82) is 0 Å². The molecule has 56 heavy (non-hydrogen) atoms. The Hall–Kier alpha value is -7.50. The zero-order valence-corrected chi connectivity index (χ0v) is 30.7. The highest BCUT2D eigenvalue weighted by Gasteiger charge is 2.21. The van der Waals surface area contributed by atoms with E-state index in [1.807, 2.05) is 72.8 Å². The highest BCUT2D eigenvalue weighted by atomic mass is 15.0. The normalized spacial score (nSPS) is 11.3. The van der Waals surface area contributed by atoms with Gasteiger partial charge in [-0.1, -0.05) is 152 Å². The van der Waals surface area contributed by atoms with Crippen LogP contribution in [0.1, 0.15) is 5.56 Å². The fourth-order valence-electron chi connectivity index (χ4n) is 7.56. The first kappa shape index (κ1) is 33.1. The van der Waals surface area contributed by atoms with E-state index in [0.29, 0.717) is 11.6 Å². The lowest BCUT2D eigenvalue weighted by atomic mass is 10.0. The molecule has 5 nitrogen and oxygen atoms in total. The van der Waals surface area contributed by atoms with Crippen molar-refractivity contribution in [3.8, 4) is 73.5 Å². The van der Waals surface area contributed by atoms with Crippen LogP contribution in [0.25, 0.3) is 95.3 Å². The van der Waals surface area contributed by atoms with Gasteiger partial charge in [-0.15, -0.1) is 0 Å². The largest absolute Gasteiger partial charge is 0.309 e. The number of aromatic nitrogens is 5. The van der Waals surface area contributed by atoms with E-state index in [1.54, 1.807) is 0 Å². The van der Waals surface area contributed by atoms with Crippen LogP contribution in [0.2, 0.25) is 0 Å². The summed E-state index contributed by atoms with van der Waals surface area (Å²) in [5, 5.41) is 2.40. The van der Waals surface area contributed by atoms with Crippen LogP contribution in [-0.2, 0) is 0 Å². The van der Waals surface area contributed by atoms with Gasteiger partial charge in [0.15, 0.2) is 11.6 Å². The second kappa shape index (κ2) is 14.0. The number of nitrogens with zero attached hydrogens (tertiary/aromatic N) is 5. The summed E-state index contributed by atoms with van der Waals surface area (Å²) in [6, 6.07) is 67.2. The summed E-state index contributed by atoms with van der Waals surface area (Å²) in [5.74, 6) is 1.29. The van der Waals surface area contributed by atoms with Crippen LogP contribution in [0.5, 0.6) is 0 Å². The molecule has 5 heteroatoms. The molecule has 0 atom stereocenters. The van der Waals surface area contributed by atoms with Crippen molar-refractivity contribution in [3.63, 3.8) is 0 Å². The molecule has 0 fully saturated rings. The fourth-order valence-corrected chi connectivity index (χ4v) is 7.56. The van der Waals surface area contributed by atoms with Gasteiger partial charge in [-0.05, 0) is 55.0 Å². The third kappa shape index (κ3) is 6.11. The number of rotatable bonds is 7. The van der Waals surface area contributed by atoms with Crippen molar-refractivity contribution < 1.29 is 0 Å². The van der Waals surface area contributed by atoms with E-state index in [-0.39, 0.29) is 0 Å². The number of fused-ring (bicyclic) bond motifs is 3. The van der Waals surface area contributed by atoms with Crippen LogP contribution in [-0.4, -0.2) is 24.5 Å². The summed E-state index contributed by atoms with van der Waals surface area (Å²) in [6.07, 6.45) is 0. The monoisotopic (exact) mass is 717 g/mol. The predicted octanol–water partition coefficient (Wildman–Crippen LogP) is 12.7. The molecule has 0 unspecified atom stereocenters. The molecule has 0 bridgehead atoms. The van der Waals surface area contributed by atoms with Crippen LogP contribution in [0.4, 0.5) is 0 Å². The number of benzene rings is 7. The van der Waals surface area contributed by atoms with Crippen LogP contribution in [0.3, 0.4) is 0 Å². The molecule has 0 amide bonds. The summed E-state index contributed by atoms with van der Waals surface area (Å²) in [5.41, 5.74) is 13.7. The Kier molecular flexibility index (Phi) is 8.30. The molecule has 0 aliphatic heterocycles. The lowest BCUT2D eigenvalue weighted by molar-refractivity contribution is 1.14. The smallest absolute Gasteiger partial charge is 0.160 e. The zero-order chi connectivity index (χ0) is 37.4. The molecular weight excluding hydrogens is 683 g/mol. The minimum atomic E-state index is 0.636. The van der Waals surface area contributed by atoms with Crippen LogP contribution >= 0.6 is 0 Å². The predicted molar refractivity (Wildman–Crippen MR) is 229 cm³/mol. The zero-order valence-electron chi connectivity index (χ0n) is 30.7. The highest BCUT2D eigenvalue weighted by molar-refractivity contribution is 6.10. The molecule has 3 aromatic heterocycles. The summed E-state index contributed by atoms with van der Waals surface area (Å²) in [6.45, 7) is 2.15. The number of aryl methyl sites for hydroxylation is 1. The van der Waals surface area contributed by atoms with Crippen molar-refractivity contribution in [2.45, 2.75) is 6.92 Å². The maximum absolute atomic E-state index is 5.35. The topological polar surface area (TPSA) is 56.5 Å². The second-order valence-corrected chi connectivity index (χ2v) is 14.0. The molecule has 10 aromatic rings. The lowest BCUT2D eigenvalue weighted by Crippen LogP contribution is -2.02. The van der Waals surface area contributed by atoms with Gasteiger partial charge < -0.3 is 4.57 Å². The SMILES string of the molecule is Cc1ccc2c3ccccc3n(-c3ccc(-c4nc(-c5ccccc5)cc(-c5ccccc5)n4)cc3-c3cc(-c4ccccc4)nc(-c4ccccc4)n3)c2c1. The van der Waals surface area contributed by atoms with E-state index in [4.69, 9.17) is 19.9 Å². The maximum Gasteiger partial charge on any atom is 0.160 e. The molecule has 264 valence electrons. The molecule has 10 rings (SSSR count). The lowest BCUT2D eigenvalue weighted by Gasteiger charge is -2.17. The Bertz CT molecular complexity index is 2900. The van der Waals surface area contributed by atoms with E-state index in [2.05, 4.69) is 133 Å². The number of para-hydroxylation sites is 1. The van der Waals surface area contributed by atoms with Crippen LogP contribution in [0, 0.1) is 6.92 Å². The first-order chi connectivity index (χ1) is 27.7. The van der Waals surface area contributed by atoms with E-state index >= 15 is 0 Å². The Morgan fingerprint density at radius 3 is 1.39 bits per heavy atom. The summed E-state index contributed by atoms with van der Waals surface area (Å²) in [7, 11) is 0. The summed E-state index contributed by atoms with van der Waals surface area (Å²) < 4.78 is 2.37. The highest BCUT2D eigenvalue weighted by Crippen LogP contribution is 2.39. The number of hydrogen-bond donors (Lipinski definition) is 0. The average Bonchev–Trinajstić information content (AvgIpc) is 3.60. The Morgan fingerprint density at radius 1 is 0.339 bits per heavy atom. The Morgan fingerprint density at radius 2 is 0.804 bits per heavy atom. The third-order valence-electron chi connectivity index (χ3n) is 10.3. The molecule has 3 heterocycles. The first-order valence-corrected chi connectivity index (χ1v) is 18.8. The van der Waals surface area contributed by atoms with Crippen molar-refractivity contribution in [2.75, 3.05) is 0 Å². The van der Waals surface area contributed by atoms with E-state index in [1.165, 1.54) is 16.3 Å². The van der Waals surface area contributed by atoms with Gasteiger partial charge in [-0.3, -0.25) is 0 Å². The van der Waals surface area contributed by atoms with Crippen LogP contribution in [0.15, 0.2) is 194 Å². The summed E-state index contributed by atoms with van der Waals surface area (Å²) in [4.78, 5) is 20.9. The molecule has 0 radical (unpaired) electrons. The molecule has 0 N–H and O–H groups in total. The fraction of sp³-hybridized carbons (Fsp3) is 0.0196. The summed E-state index contributed by atoms with van der Waals surface area (Å²) >= 11 is 0. The van der Waals surface area contributed by atoms with E-state index in [0.717, 1.165) is 72.9 Å². The number of hydrogen-bond acceptors (Lipinski definition) is 4.